The van der Waals surface area contributed by atoms with Gasteiger partial charge in [-0.2, -0.15) is 0 Å². The molecule has 0 aromatic carbocycles. The van der Waals surface area contributed by atoms with Gasteiger partial charge in [0.15, 0.2) is 0 Å². The van der Waals surface area contributed by atoms with E-state index in [1.54, 1.807) is 6.20 Å². The molecule has 3 rings (SSSR count). The normalized spacial score (nSPS) is 29.8. The zero-order chi connectivity index (χ0) is 13.6. The summed E-state index contributed by atoms with van der Waals surface area (Å²) in [5.41, 5.74) is -0.452. The molecule has 5 nitrogen and oxygen atoms in total. The van der Waals surface area contributed by atoms with Crippen LogP contribution in [-0.4, -0.2) is 32.6 Å². The van der Waals surface area contributed by atoms with E-state index in [0.29, 0.717) is 12.0 Å². The summed E-state index contributed by atoms with van der Waals surface area (Å²) in [7, 11) is 0. The second-order valence-electron chi connectivity index (χ2n) is 6.53. The number of rotatable bonds is 1. The summed E-state index contributed by atoms with van der Waals surface area (Å²) in [6, 6.07) is 0.374. The van der Waals surface area contributed by atoms with Crippen LogP contribution in [-0.2, 0) is 4.74 Å². The molecule has 5 heteroatoms. The van der Waals surface area contributed by atoms with Gasteiger partial charge in [-0.25, -0.2) is 9.78 Å². The van der Waals surface area contributed by atoms with Gasteiger partial charge in [-0.15, -0.1) is 0 Å². The Balaban J connectivity index is 1.84. The van der Waals surface area contributed by atoms with Crippen molar-refractivity contribution in [2.75, 3.05) is 0 Å². The molecule has 19 heavy (non-hydrogen) atoms. The van der Waals surface area contributed by atoms with Gasteiger partial charge in [-0.1, -0.05) is 0 Å². The zero-order valence-corrected chi connectivity index (χ0v) is 11.7. The number of carbonyl (C=O) groups is 1. The van der Waals surface area contributed by atoms with E-state index >= 15 is 0 Å². The number of piperidine rings is 1. The lowest BCUT2D eigenvalue weighted by Gasteiger charge is -2.35. The largest absolute Gasteiger partial charge is 0.444 e. The maximum absolute atomic E-state index is 12.4. The maximum Gasteiger partial charge on any atom is 0.411 e. The van der Waals surface area contributed by atoms with Crippen molar-refractivity contribution in [3.05, 3.63) is 18.2 Å². The molecular weight excluding hydrogens is 242 g/mol. The first-order chi connectivity index (χ1) is 8.96. The summed E-state index contributed by atoms with van der Waals surface area (Å²) < 4.78 is 5.55. The van der Waals surface area contributed by atoms with Crippen LogP contribution in [0.1, 0.15) is 51.9 Å². The maximum atomic E-state index is 12.4. The SMILES string of the molecule is CC(C)(C)OC(=O)N1C2CCC(C2)[C@H]1c1ncc[nH]1. The molecule has 2 fully saturated rings. The highest BCUT2D eigenvalue weighted by molar-refractivity contribution is 5.70. The van der Waals surface area contributed by atoms with Crippen molar-refractivity contribution in [3.8, 4) is 0 Å². The molecular formula is C14H21N3O2. The number of imidazole rings is 1. The molecule has 1 saturated carbocycles. The summed E-state index contributed by atoms with van der Waals surface area (Å²) in [5.74, 6) is 1.40. The van der Waals surface area contributed by atoms with Crippen LogP contribution in [0.4, 0.5) is 4.79 Å². The quantitative estimate of drug-likeness (QED) is 0.847. The molecule has 1 aliphatic carbocycles. The Labute approximate surface area is 113 Å². The fourth-order valence-corrected chi connectivity index (χ4v) is 3.36. The number of likely N-dealkylation sites (tertiary alicyclic amines) is 1. The molecule has 0 radical (unpaired) electrons. The first-order valence-electron chi connectivity index (χ1n) is 6.96. The fraction of sp³-hybridized carbons (Fsp3) is 0.714. The number of carbonyl (C=O) groups excluding carboxylic acids is 1. The van der Waals surface area contributed by atoms with Crippen molar-refractivity contribution in [1.82, 2.24) is 14.9 Å². The Hall–Kier alpha value is -1.52. The third kappa shape index (κ3) is 2.22. The number of amides is 1. The minimum absolute atomic E-state index is 0.0589. The molecule has 1 N–H and O–H groups in total. The third-order valence-electron chi connectivity index (χ3n) is 3.99. The average Bonchev–Trinajstić information content (AvgIpc) is 3.02. The molecule has 104 valence electrons. The van der Waals surface area contributed by atoms with Gasteiger partial charge in [0.1, 0.15) is 11.4 Å². The predicted octanol–water partition coefficient (Wildman–Crippen LogP) is 2.87. The van der Waals surface area contributed by atoms with E-state index in [4.69, 9.17) is 4.74 Å². The van der Waals surface area contributed by atoms with E-state index in [-0.39, 0.29) is 12.1 Å². The lowest BCUT2D eigenvalue weighted by molar-refractivity contribution is 0.00620. The van der Waals surface area contributed by atoms with Crippen molar-refractivity contribution < 1.29 is 9.53 Å². The molecule has 3 atom stereocenters. The first-order valence-corrected chi connectivity index (χ1v) is 6.96. The first kappa shape index (κ1) is 12.5. The van der Waals surface area contributed by atoms with E-state index in [9.17, 15) is 4.79 Å². The number of H-pyrrole nitrogens is 1. The highest BCUT2D eigenvalue weighted by atomic mass is 16.6. The lowest BCUT2D eigenvalue weighted by Crippen LogP contribution is -2.43. The molecule has 1 saturated heterocycles. The van der Waals surface area contributed by atoms with Crippen LogP contribution in [0.3, 0.4) is 0 Å². The molecule has 2 heterocycles. The Morgan fingerprint density at radius 2 is 2.26 bits per heavy atom. The van der Waals surface area contributed by atoms with Gasteiger partial charge in [0.2, 0.25) is 0 Å². The Kier molecular flexibility index (Phi) is 2.80. The number of hydrogen-bond acceptors (Lipinski definition) is 3. The van der Waals surface area contributed by atoms with E-state index in [1.807, 2.05) is 31.9 Å². The summed E-state index contributed by atoms with van der Waals surface area (Å²) in [6.45, 7) is 5.71. The Morgan fingerprint density at radius 1 is 1.47 bits per heavy atom. The van der Waals surface area contributed by atoms with E-state index in [0.717, 1.165) is 18.7 Å². The molecule has 2 unspecified atom stereocenters. The van der Waals surface area contributed by atoms with Crippen molar-refractivity contribution >= 4 is 6.09 Å². The summed E-state index contributed by atoms with van der Waals surface area (Å²) in [5, 5.41) is 0. The minimum atomic E-state index is -0.452. The van der Waals surface area contributed by atoms with Gasteiger partial charge in [-0.3, -0.25) is 4.90 Å². The smallest absolute Gasteiger partial charge is 0.411 e. The second-order valence-corrected chi connectivity index (χ2v) is 6.53. The Morgan fingerprint density at radius 3 is 2.89 bits per heavy atom. The topological polar surface area (TPSA) is 58.2 Å². The predicted molar refractivity (Wildman–Crippen MR) is 70.5 cm³/mol. The standard InChI is InChI=1S/C14H21N3O2/c1-14(2,3)19-13(18)17-10-5-4-9(8-10)11(17)12-15-6-7-16-12/h6-7,9-11H,4-5,8H2,1-3H3,(H,15,16)/t9?,10?,11-/m0/s1. The Bertz CT molecular complexity index is 464. The monoisotopic (exact) mass is 263 g/mol. The van der Waals surface area contributed by atoms with Gasteiger partial charge in [0.05, 0.1) is 6.04 Å². The van der Waals surface area contributed by atoms with Gasteiger partial charge in [-0.05, 0) is 46.0 Å². The van der Waals surface area contributed by atoms with Crippen LogP contribution in [0.2, 0.25) is 0 Å². The van der Waals surface area contributed by atoms with Crippen molar-refractivity contribution in [2.24, 2.45) is 5.92 Å². The summed E-state index contributed by atoms with van der Waals surface area (Å²) >= 11 is 0. The molecule has 1 aromatic heterocycles. The van der Waals surface area contributed by atoms with Crippen LogP contribution in [0, 0.1) is 5.92 Å². The number of nitrogens with zero attached hydrogens (tertiary/aromatic N) is 2. The highest BCUT2D eigenvalue weighted by Crippen LogP contribution is 2.49. The van der Waals surface area contributed by atoms with Crippen LogP contribution < -0.4 is 0 Å². The molecule has 0 spiro atoms. The van der Waals surface area contributed by atoms with Crippen LogP contribution in [0.15, 0.2) is 12.4 Å². The van der Waals surface area contributed by atoms with Crippen LogP contribution in [0.25, 0.3) is 0 Å². The second kappa shape index (κ2) is 4.25. The van der Waals surface area contributed by atoms with Crippen molar-refractivity contribution in [3.63, 3.8) is 0 Å². The van der Waals surface area contributed by atoms with E-state index in [1.165, 1.54) is 6.42 Å². The van der Waals surface area contributed by atoms with E-state index in [2.05, 4.69) is 9.97 Å². The number of aromatic nitrogens is 2. The molecule has 2 aliphatic rings. The molecule has 1 amide bonds. The minimum Gasteiger partial charge on any atom is -0.444 e. The lowest BCUT2D eigenvalue weighted by atomic mass is 9.98. The number of aromatic amines is 1. The van der Waals surface area contributed by atoms with E-state index < -0.39 is 5.60 Å². The molecule has 1 aromatic rings. The van der Waals surface area contributed by atoms with Crippen molar-refractivity contribution in [1.29, 1.82) is 0 Å². The fourth-order valence-electron chi connectivity index (χ4n) is 3.36. The van der Waals surface area contributed by atoms with Crippen molar-refractivity contribution in [2.45, 2.75) is 57.7 Å². The number of nitrogens with one attached hydrogen (secondary N) is 1. The van der Waals surface area contributed by atoms with Gasteiger partial charge >= 0.3 is 6.09 Å². The average molecular weight is 263 g/mol. The van der Waals surface area contributed by atoms with Crippen LogP contribution >= 0.6 is 0 Å². The zero-order valence-electron chi connectivity index (χ0n) is 11.7. The molecule has 2 bridgehead atoms. The third-order valence-corrected chi connectivity index (χ3v) is 3.99. The van der Waals surface area contributed by atoms with Gasteiger partial charge in [0, 0.05) is 18.4 Å². The summed E-state index contributed by atoms with van der Waals surface area (Å²) in [6.07, 6.45) is 6.69. The number of ether oxygens (including phenoxy) is 1. The van der Waals surface area contributed by atoms with Gasteiger partial charge in [0.25, 0.3) is 0 Å². The van der Waals surface area contributed by atoms with Gasteiger partial charge < -0.3 is 9.72 Å². The number of fused-ring (bicyclic) bond motifs is 2. The summed E-state index contributed by atoms with van der Waals surface area (Å²) in [4.78, 5) is 21.8. The molecule has 1 aliphatic heterocycles. The number of hydrogen-bond donors (Lipinski definition) is 1. The highest BCUT2D eigenvalue weighted by Gasteiger charge is 2.50. The van der Waals surface area contributed by atoms with Crippen LogP contribution in [0.5, 0.6) is 0 Å².